The van der Waals surface area contributed by atoms with Crippen LogP contribution in [-0.4, -0.2) is 54.9 Å². The summed E-state index contributed by atoms with van der Waals surface area (Å²) in [6, 6.07) is 6.24. The molecule has 1 aliphatic rings. The highest BCUT2D eigenvalue weighted by Gasteiger charge is 2.23. The van der Waals surface area contributed by atoms with E-state index in [1.54, 1.807) is 18.2 Å². The van der Waals surface area contributed by atoms with E-state index in [1.165, 1.54) is 6.07 Å². The number of piperazine rings is 1. The van der Waals surface area contributed by atoms with Crippen LogP contribution in [0.5, 0.6) is 0 Å². The number of rotatable bonds is 5. The summed E-state index contributed by atoms with van der Waals surface area (Å²) in [4.78, 5) is 17.0. The topological polar surface area (TPSA) is 23.6 Å². The Balaban J connectivity index is 1.91. The van der Waals surface area contributed by atoms with E-state index in [1.807, 2.05) is 6.92 Å². The van der Waals surface area contributed by atoms with Crippen molar-refractivity contribution in [2.24, 2.45) is 5.92 Å². The van der Waals surface area contributed by atoms with Crippen molar-refractivity contribution >= 4 is 5.78 Å². The van der Waals surface area contributed by atoms with Crippen LogP contribution in [0.1, 0.15) is 24.2 Å². The lowest BCUT2D eigenvalue weighted by molar-refractivity contribution is 0.0835. The minimum absolute atomic E-state index is 0.0963. The van der Waals surface area contributed by atoms with Crippen LogP contribution in [0.2, 0.25) is 0 Å². The Hall–Kier alpha value is -1.26. The van der Waals surface area contributed by atoms with E-state index < -0.39 is 5.82 Å². The molecule has 0 bridgehead atoms. The average molecular weight is 278 g/mol. The maximum absolute atomic E-state index is 13.6. The summed E-state index contributed by atoms with van der Waals surface area (Å²) in [6.45, 7) is 9.93. The van der Waals surface area contributed by atoms with Crippen LogP contribution in [0.3, 0.4) is 0 Å². The molecule has 20 heavy (non-hydrogen) atoms. The van der Waals surface area contributed by atoms with Gasteiger partial charge in [-0.15, -0.1) is 0 Å². The SMILES string of the molecule is CCN1CCN(CC(C)C(=O)c2ccccc2F)CC1. The number of nitrogens with zero attached hydrogens (tertiary/aromatic N) is 2. The third-order valence-corrected chi connectivity index (χ3v) is 4.03. The van der Waals surface area contributed by atoms with E-state index in [2.05, 4.69) is 16.7 Å². The molecule has 1 aromatic rings. The molecule has 1 heterocycles. The van der Waals surface area contributed by atoms with E-state index in [4.69, 9.17) is 0 Å². The molecule has 0 aromatic heterocycles. The molecule has 1 unspecified atom stereocenters. The van der Waals surface area contributed by atoms with Crippen molar-refractivity contribution in [1.29, 1.82) is 0 Å². The summed E-state index contributed by atoms with van der Waals surface area (Å²) in [5.74, 6) is -0.679. The Bertz CT molecular complexity index is 456. The predicted molar refractivity (Wildman–Crippen MR) is 78.4 cm³/mol. The number of halogens is 1. The van der Waals surface area contributed by atoms with Crippen molar-refractivity contribution in [1.82, 2.24) is 9.80 Å². The number of hydrogen-bond donors (Lipinski definition) is 0. The van der Waals surface area contributed by atoms with Crippen molar-refractivity contribution in [2.75, 3.05) is 39.3 Å². The van der Waals surface area contributed by atoms with Crippen molar-refractivity contribution in [2.45, 2.75) is 13.8 Å². The largest absolute Gasteiger partial charge is 0.301 e. The predicted octanol–water partition coefficient (Wildman–Crippen LogP) is 2.28. The van der Waals surface area contributed by atoms with Crippen LogP contribution in [0, 0.1) is 11.7 Å². The van der Waals surface area contributed by atoms with Gasteiger partial charge in [0.15, 0.2) is 5.78 Å². The second-order valence-corrected chi connectivity index (χ2v) is 5.48. The molecular formula is C16H23FN2O. The zero-order valence-corrected chi connectivity index (χ0v) is 12.3. The van der Waals surface area contributed by atoms with Crippen molar-refractivity contribution in [3.63, 3.8) is 0 Å². The molecule has 1 fully saturated rings. The highest BCUT2D eigenvalue weighted by molar-refractivity contribution is 5.98. The molecule has 0 N–H and O–H groups in total. The number of Topliss-reactive ketones (excluding diaryl/α,β-unsaturated/α-hetero) is 1. The van der Waals surface area contributed by atoms with Gasteiger partial charge in [0.05, 0.1) is 5.56 Å². The summed E-state index contributed by atoms with van der Waals surface area (Å²) < 4.78 is 13.6. The second kappa shape index (κ2) is 6.95. The molecule has 1 aromatic carbocycles. The molecule has 0 radical (unpaired) electrons. The Morgan fingerprint density at radius 2 is 1.80 bits per heavy atom. The number of carbonyl (C=O) groups is 1. The van der Waals surface area contributed by atoms with E-state index in [-0.39, 0.29) is 17.3 Å². The number of hydrogen-bond acceptors (Lipinski definition) is 3. The van der Waals surface area contributed by atoms with Gasteiger partial charge in [-0.2, -0.15) is 0 Å². The fraction of sp³-hybridized carbons (Fsp3) is 0.562. The van der Waals surface area contributed by atoms with Gasteiger partial charge in [-0.05, 0) is 18.7 Å². The van der Waals surface area contributed by atoms with Gasteiger partial charge in [0, 0.05) is 38.6 Å². The van der Waals surface area contributed by atoms with Gasteiger partial charge in [-0.3, -0.25) is 4.79 Å². The van der Waals surface area contributed by atoms with Crippen LogP contribution >= 0.6 is 0 Å². The van der Waals surface area contributed by atoms with E-state index in [9.17, 15) is 9.18 Å². The maximum atomic E-state index is 13.6. The van der Waals surface area contributed by atoms with Gasteiger partial charge < -0.3 is 9.80 Å². The Morgan fingerprint density at radius 3 is 2.40 bits per heavy atom. The van der Waals surface area contributed by atoms with Crippen LogP contribution in [-0.2, 0) is 0 Å². The molecule has 0 aliphatic carbocycles. The van der Waals surface area contributed by atoms with Gasteiger partial charge >= 0.3 is 0 Å². The van der Waals surface area contributed by atoms with Gasteiger partial charge in [0.25, 0.3) is 0 Å². The number of carbonyl (C=O) groups excluding carboxylic acids is 1. The third kappa shape index (κ3) is 3.64. The lowest BCUT2D eigenvalue weighted by Gasteiger charge is -2.35. The fourth-order valence-corrected chi connectivity index (χ4v) is 2.68. The van der Waals surface area contributed by atoms with Crippen molar-refractivity contribution < 1.29 is 9.18 Å². The van der Waals surface area contributed by atoms with Crippen LogP contribution in [0.25, 0.3) is 0 Å². The molecule has 0 amide bonds. The monoisotopic (exact) mass is 278 g/mol. The van der Waals surface area contributed by atoms with Crippen molar-refractivity contribution in [3.05, 3.63) is 35.6 Å². The summed E-state index contributed by atoms with van der Waals surface area (Å²) in [5, 5.41) is 0. The first-order valence-corrected chi connectivity index (χ1v) is 7.35. The molecule has 4 heteroatoms. The summed E-state index contributed by atoms with van der Waals surface area (Å²) in [6.07, 6.45) is 0. The van der Waals surface area contributed by atoms with Crippen LogP contribution < -0.4 is 0 Å². The first-order valence-electron chi connectivity index (χ1n) is 7.35. The first-order chi connectivity index (χ1) is 9.61. The molecule has 2 rings (SSSR count). The van der Waals surface area contributed by atoms with E-state index >= 15 is 0 Å². The fourth-order valence-electron chi connectivity index (χ4n) is 2.68. The van der Waals surface area contributed by atoms with Gasteiger partial charge in [0.2, 0.25) is 0 Å². The zero-order chi connectivity index (χ0) is 14.5. The number of ketones is 1. The minimum Gasteiger partial charge on any atom is -0.301 e. The lowest BCUT2D eigenvalue weighted by Crippen LogP contribution is -2.47. The molecule has 110 valence electrons. The summed E-state index contributed by atoms with van der Waals surface area (Å²) >= 11 is 0. The van der Waals surface area contributed by atoms with E-state index in [0.717, 1.165) is 32.7 Å². The second-order valence-electron chi connectivity index (χ2n) is 5.48. The number of likely N-dealkylation sites (N-methyl/N-ethyl adjacent to an activating group) is 1. The Morgan fingerprint density at radius 1 is 1.20 bits per heavy atom. The van der Waals surface area contributed by atoms with Crippen molar-refractivity contribution in [3.8, 4) is 0 Å². The molecule has 0 saturated carbocycles. The Kier molecular flexibility index (Phi) is 5.26. The quantitative estimate of drug-likeness (QED) is 0.772. The van der Waals surface area contributed by atoms with Gasteiger partial charge in [-0.25, -0.2) is 4.39 Å². The van der Waals surface area contributed by atoms with Crippen LogP contribution in [0.15, 0.2) is 24.3 Å². The molecular weight excluding hydrogens is 255 g/mol. The van der Waals surface area contributed by atoms with E-state index in [0.29, 0.717) is 6.54 Å². The highest BCUT2D eigenvalue weighted by atomic mass is 19.1. The lowest BCUT2D eigenvalue weighted by atomic mass is 9.98. The average Bonchev–Trinajstić information content (AvgIpc) is 2.48. The maximum Gasteiger partial charge on any atom is 0.169 e. The first kappa shape index (κ1) is 15.1. The molecule has 1 atom stereocenters. The zero-order valence-electron chi connectivity index (χ0n) is 12.3. The molecule has 3 nitrogen and oxygen atoms in total. The third-order valence-electron chi connectivity index (χ3n) is 4.03. The summed E-state index contributed by atoms with van der Waals surface area (Å²) in [5.41, 5.74) is 0.215. The van der Waals surface area contributed by atoms with Crippen LogP contribution in [0.4, 0.5) is 4.39 Å². The minimum atomic E-state index is -0.417. The molecule has 1 aliphatic heterocycles. The van der Waals surface area contributed by atoms with Gasteiger partial charge in [0.1, 0.15) is 5.82 Å². The number of benzene rings is 1. The highest BCUT2D eigenvalue weighted by Crippen LogP contribution is 2.14. The molecule has 0 spiro atoms. The smallest absolute Gasteiger partial charge is 0.169 e. The normalized spacial score (nSPS) is 18.9. The van der Waals surface area contributed by atoms with Gasteiger partial charge in [-0.1, -0.05) is 26.0 Å². The summed E-state index contributed by atoms with van der Waals surface area (Å²) in [7, 11) is 0. The standard InChI is InChI=1S/C16H23FN2O/c1-3-18-8-10-19(11-9-18)12-13(2)16(20)14-6-4-5-7-15(14)17/h4-7,13H,3,8-12H2,1-2H3. The molecule has 1 saturated heterocycles. The Labute approximate surface area is 120 Å².